The van der Waals surface area contributed by atoms with E-state index in [1.807, 2.05) is 11.3 Å². The number of hydrogen-bond acceptors (Lipinski definition) is 4. The number of thiophene rings is 1. The first-order valence-electron chi connectivity index (χ1n) is 7.40. The lowest BCUT2D eigenvalue weighted by atomic mass is 9.96. The van der Waals surface area contributed by atoms with Crippen LogP contribution in [0.5, 0.6) is 0 Å². The van der Waals surface area contributed by atoms with E-state index in [9.17, 15) is 0 Å². The predicted octanol–water partition coefficient (Wildman–Crippen LogP) is 4.09. The van der Waals surface area contributed by atoms with Gasteiger partial charge in [0.2, 0.25) is 0 Å². The Bertz CT molecular complexity index is 591. The van der Waals surface area contributed by atoms with Gasteiger partial charge in [0.05, 0.1) is 0 Å². The number of fused-ring (bicyclic) bond motifs is 1. The van der Waals surface area contributed by atoms with Crippen LogP contribution in [0.4, 0.5) is 0 Å². The van der Waals surface area contributed by atoms with Gasteiger partial charge >= 0.3 is 0 Å². The maximum Gasteiger partial charge on any atom is 0.0476 e. The van der Waals surface area contributed by atoms with Crippen LogP contribution in [0.1, 0.15) is 35.0 Å². The second-order valence-corrected chi connectivity index (χ2v) is 7.37. The Morgan fingerprint density at radius 3 is 2.76 bits per heavy atom. The summed E-state index contributed by atoms with van der Waals surface area (Å²) in [5.41, 5.74) is 8.94. The Hall–Kier alpha value is -0.810. The van der Waals surface area contributed by atoms with Crippen molar-refractivity contribution >= 4 is 23.1 Å². The summed E-state index contributed by atoms with van der Waals surface area (Å²) >= 11 is 3.67. The van der Waals surface area contributed by atoms with Gasteiger partial charge in [-0.2, -0.15) is 0 Å². The van der Waals surface area contributed by atoms with E-state index in [2.05, 4.69) is 53.8 Å². The van der Waals surface area contributed by atoms with Crippen molar-refractivity contribution in [3.05, 3.63) is 51.7 Å². The molecular formula is C17H22N2S2. The largest absolute Gasteiger partial charge is 0.329 e. The average Bonchev–Trinajstić information content (AvgIpc) is 3.00. The highest BCUT2D eigenvalue weighted by molar-refractivity contribution is 7.98. The molecule has 112 valence electrons. The molecule has 2 heterocycles. The molecule has 0 radical (unpaired) electrons. The number of benzene rings is 1. The molecule has 4 heteroatoms. The van der Waals surface area contributed by atoms with E-state index in [-0.39, 0.29) is 0 Å². The van der Waals surface area contributed by atoms with E-state index in [1.54, 1.807) is 16.6 Å². The summed E-state index contributed by atoms with van der Waals surface area (Å²) in [6, 6.07) is 11.9. The number of nitrogens with two attached hydrogens (primary N) is 1. The third-order valence-corrected chi connectivity index (χ3v) is 6.19. The van der Waals surface area contributed by atoms with Crippen molar-refractivity contribution in [2.45, 2.75) is 30.3 Å². The number of hydrogen-bond donors (Lipinski definition) is 1. The Morgan fingerprint density at radius 1 is 1.33 bits per heavy atom. The highest BCUT2D eigenvalue weighted by Gasteiger charge is 2.30. The van der Waals surface area contributed by atoms with Gasteiger partial charge in [0, 0.05) is 34.9 Å². The summed E-state index contributed by atoms with van der Waals surface area (Å²) in [5, 5.41) is 2.22. The van der Waals surface area contributed by atoms with Gasteiger partial charge in [-0.05, 0) is 54.3 Å². The van der Waals surface area contributed by atoms with Crippen LogP contribution in [0.15, 0.2) is 40.6 Å². The van der Waals surface area contributed by atoms with E-state index in [0.29, 0.717) is 18.6 Å². The van der Waals surface area contributed by atoms with Gasteiger partial charge in [0.25, 0.3) is 0 Å². The average molecular weight is 319 g/mol. The van der Waals surface area contributed by atoms with Crippen LogP contribution in [0.3, 0.4) is 0 Å². The molecule has 2 aromatic rings. The maximum absolute atomic E-state index is 6.12. The number of thioether (sulfide) groups is 1. The summed E-state index contributed by atoms with van der Waals surface area (Å²) in [7, 11) is 0. The van der Waals surface area contributed by atoms with Gasteiger partial charge in [-0.25, -0.2) is 0 Å². The van der Waals surface area contributed by atoms with Crippen molar-refractivity contribution in [2.24, 2.45) is 5.73 Å². The second kappa shape index (κ2) is 6.53. The maximum atomic E-state index is 6.12. The van der Waals surface area contributed by atoms with E-state index in [4.69, 9.17) is 5.73 Å². The molecule has 2 N–H and O–H groups in total. The monoisotopic (exact) mass is 318 g/mol. The molecule has 0 bridgehead atoms. The van der Waals surface area contributed by atoms with Crippen LogP contribution in [0, 0.1) is 0 Å². The highest BCUT2D eigenvalue weighted by atomic mass is 32.2. The topological polar surface area (TPSA) is 29.3 Å². The van der Waals surface area contributed by atoms with E-state index in [1.165, 1.54) is 16.0 Å². The summed E-state index contributed by atoms with van der Waals surface area (Å²) in [6.45, 7) is 4.08. The molecule has 1 aromatic heterocycles. The van der Waals surface area contributed by atoms with Gasteiger partial charge in [0.1, 0.15) is 0 Å². The molecule has 2 unspecified atom stereocenters. The molecule has 1 aliphatic heterocycles. The Labute approximate surface area is 135 Å². The Kier molecular flexibility index (Phi) is 4.69. The smallest absolute Gasteiger partial charge is 0.0476 e. The first kappa shape index (κ1) is 15.1. The fourth-order valence-corrected chi connectivity index (χ4v) is 4.61. The highest BCUT2D eigenvalue weighted by Crippen LogP contribution is 2.37. The predicted molar refractivity (Wildman–Crippen MR) is 93.2 cm³/mol. The number of rotatable bonds is 4. The molecule has 0 spiro atoms. The lowest BCUT2D eigenvalue weighted by molar-refractivity contribution is 0.138. The zero-order valence-corrected chi connectivity index (χ0v) is 14.2. The fourth-order valence-electron chi connectivity index (χ4n) is 3.24. The van der Waals surface area contributed by atoms with Crippen LogP contribution in [-0.4, -0.2) is 24.2 Å². The zero-order valence-electron chi connectivity index (χ0n) is 12.6. The second-order valence-electron chi connectivity index (χ2n) is 5.49. The lowest BCUT2D eigenvalue weighted by Gasteiger charge is -2.39. The molecule has 0 saturated heterocycles. The SMILES string of the molecule is CSc1ccc(C(CN)N2CCc3sccc3C2C)cc1. The zero-order chi connectivity index (χ0) is 14.8. The summed E-state index contributed by atoms with van der Waals surface area (Å²) in [5.74, 6) is 0. The normalized spacial score (nSPS) is 20.2. The van der Waals surface area contributed by atoms with Crippen molar-refractivity contribution in [1.82, 2.24) is 4.90 Å². The molecule has 2 atom stereocenters. The molecule has 1 aromatic carbocycles. The molecule has 0 fully saturated rings. The third kappa shape index (κ3) is 2.90. The number of nitrogens with zero attached hydrogens (tertiary/aromatic N) is 1. The van der Waals surface area contributed by atoms with Crippen molar-refractivity contribution < 1.29 is 0 Å². The third-order valence-electron chi connectivity index (χ3n) is 4.45. The first-order chi connectivity index (χ1) is 10.2. The lowest BCUT2D eigenvalue weighted by Crippen LogP contribution is -2.39. The van der Waals surface area contributed by atoms with Gasteiger partial charge in [-0.3, -0.25) is 4.90 Å². The van der Waals surface area contributed by atoms with Gasteiger partial charge in [-0.15, -0.1) is 23.1 Å². The van der Waals surface area contributed by atoms with Crippen LogP contribution >= 0.6 is 23.1 Å². The van der Waals surface area contributed by atoms with Crippen molar-refractivity contribution in [1.29, 1.82) is 0 Å². The van der Waals surface area contributed by atoms with Gasteiger partial charge < -0.3 is 5.73 Å². The van der Waals surface area contributed by atoms with Crippen LogP contribution in [-0.2, 0) is 6.42 Å². The van der Waals surface area contributed by atoms with E-state index >= 15 is 0 Å². The van der Waals surface area contributed by atoms with Gasteiger partial charge in [-0.1, -0.05) is 12.1 Å². The minimum Gasteiger partial charge on any atom is -0.329 e. The molecule has 2 nitrogen and oxygen atoms in total. The molecule has 1 aliphatic rings. The van der Waals surface area contributed by atoms with Crippen molar-refractivity contribution in [3.8, 4) is 0 Å². The minimum absolute atomic E-state index is 0.309. The standard InChI is InChI=1S/C17H22N2S2/c1-12-15-8-10-21-17(15)7-9-19(12)16(11-18)13-3-5-14(20-2)6-4-13/h3-6,8,10,12,16H,7,9,11,18H2,1-2H3. The van der Waals surface area contributed by atoms with Crippen molar-refractivity contribution in [2.75, 3.05) is 19.3 Å². The Morgan fingerprint density at radius 2 is 2.10 bits per heavy atom. The van der Waals surface area contributed by atoms with Crippen LogP contribution in [0.2, 0.25) is 0 Å². The molecule has 0 aliphatic carbocycles. The first-order valence-corrected chi connectivity index (χ1v) is 9.51. The molecule has 3 rings (SSSR count). The van der Waals surface area contributed by atoms with Crippen LogP contribution in [0.25, 0.3) is 0 Å². The van der Waals surface area contributed by atoms with Crippen LogP contribution < -0.4 is 5.73 Å². The molecule has 0 amide bonds. The van der Waals surface area contributed by atoms with Gasteiger partial charge in [0.15, 0.2) is 0 Å². The summed E-state index contributed by atoms with van der Waals surface area (Å²) < 4.78 is 0. The summed E-state index contributed by atoms with van der Waals surface area (Å²) in [6.07, 6.45) is 3.26. The molecule has 21 heavy (non-hydrogen) atoms. The fraction of sp³-hybridized carbons (Fsp3) is 0.412. The Balaban J connectivity index is 1.86. The van der Waals surface area contributed by atoms with E-state index in [0.717, 1.165) is 13.0 Å². The van der Waals surface area contributed by atoms with Crippen molar-refractivity contribution in [3.63, 3.8) is 0 Å². The quantitative estimate of drug-likeness (QED) is 0.861. The van der Waals surface area contributed by atoms with E-state index < -0.39 is 0 Å². The minimum atomic E-state index is 0.309. The molecular weight excluding hydrogens is 296 g/mol. The molecule has 0 saturated carbocycles. The summed E-state index contributed by atoms with van der Waals surface area (Å²) in [4.78, 5) is 5.41.